The zero-order chi connectivity index (χ0) is 22.3. The molecule has 2 aromatic heterocycles. The van der Waals surface area contributed by atoms with E-state index in [1.54, 1.807) is 0 Å². The van der Waals surface area contributed by atoms with Crippen molar-refractivity contribution >= 4 is 28.3 Å². The zero-order valence-electron chi connectivity index (χ0n) is 18.2. The van der Waals surface area contributed by atoms with E-state index < -0.39 is 24.1 Å². The Morgan fingerprint density at radius 2 is 2.30 bits per heavy atom. The lowest BCUT2D eigenvalue weighted by atomic mass is 9.95. The van der Waals surface area contributed by atoms with Crippen LogP contribution in [0.4, 0.5) is 14.6 Å². The number of ether oxygens (including phenoxy) is 2. The molecule has 4 atom stereocenters. The molecule has 0 radical (unpaired) electrons. The summed E-state index contributed by atoms with van der Waals surface area (Å²) in [4.78, 5) is 16.4. The molecule has 2 unspecified atom stereocenters. The van der Waals surface area contributed by atoms with Crippen molar-refractivity contribution in [1.82, 2.24) is 19.9 Å². The molecule has 2 aromatic rings. The summed E-state index contributed by atoms with van der Waals surface area (Å²) in [5, 5.41) is 0.0386. The fourth-order valence-corrected chi connectivity index (χ4v) is 5.20. The molecule has 6 rings (SSSR count). The lowest BCUT2D eigenvalue weighted by Crippen LogP contribution is -2.43. The van der Waals surface area contributed by atoms with Gasteiger partial charge in [-0.1, -0.05) is 11.6 Å². The predicted molar refractivity (Wildman–Crippen MR) is 106 cm³/mol. The number of alkyl halides is 1. The Kier molecular flexibility index (Phi) is 3.83. The van der Waals surface area contributed by atoms with Crippen LogP contribution in [0.5, 0.6) is 6.01 Å². The first-order chi connectivity index (χ1) is 15.3. The van der Waals surface area contributed by atoms with Crippen LogP contribution in [-0.2, 0) is 4.74 Å². The second kappa shape index (κ2) is 6.83. The first-order valence-electron chi connectivity index (χ1n) is 11.3. The van der Waals surface area contributed by atoms with E-state index >= 15 is 0 Å². The van der Waals surface area contributed by atoms with Gasteiger partial charge in [0.1, 0.15) is 24.1 Å². The highest BCUT2D eigenvalue weighted by Gasteiger charge is 2.50. The number of hydrogen-bond donors (Lipinski definition) is 0. The molecule has 0 spiro atoms. The van der Waals surface area contributed by atoms with Crippen LogP contribution in [0.2, 0.25) is 5.15 Å². The van der Waals surface area contributed by atoms with Gasteiger partial charge in [-0.25, -0.2) is 13.8 Å². The van der Waals surface area contributed by atoms with Gasteiger partial charge < -0.3 is 14.4 Å². The van der Waals surface area contributed by atoms with E-state index in [2.05, 4.69) is 15.0 Å². The maximum atomic E-state index is 14.9. The summed E-state index contributed by atoms with van der Waals surface area (Å²) in [6.45, 7) is -0.427. The first-order valence-corrected chi connectivity index (χ1v) is 10.6. The number of anilines is 1. The van der Waals surface area contributed by atoms with Crippen LogP contribution in [0.1, 0.15) is 28.4 Å². The molecule has 10 heteroatoms. The van der Waals surface area contributed by atoms with Crippen LogP contribution < -0.4 is 9.64 Å². The van der Waals surface area contributed by atoms with Crippen LogP contribution in [0.15, 0.2) is 6.20 Å². The van der Waals surface area contributed by atoms with Gasteiger partial charge in [0.2, 0.25) is 0 Å². The van der Waals surface area contributed by atoms with Crippen molar-refractivity contribution in [2.24, 2.45) is 0 Å². The number of hydrogen-bond acceptors (Lipinski definition) is 7. The number of rotatable bonds is 4. The van der Waals surface area contributed by atoms with Gasteiger partial charge in [-0.15, -0.1) is 0 Å². The van der Waals surface area contributed by atoms with Gasteiger partial charge in [0, 0.05) is 25.7 Å². The molecular formula is C20H22ClF2N5O2. The van der Waals surface area contributed by atoms with Gasteiger partial charge in [-0.05, 0) is 25.8 Å². The van der Waals surface area contributed by atoms with E-state index in [0.29, 0.717) is 37.3 Å². The SMILES string of the molecule is [2H]C([2H])(Oc1nc(N2CCOC3CC32)c2cnc(Cl)c(F)c2n1)[C@@]12CCCN1C[C@H](F)C2. The Bertz CT molecular complexity index is 1100. The molecule has 0 amide bonds. The predicted octanol–water partition coefficient (Wildman–Crippen LogP) is 2.75. The molecule has 30 heavy (non-hydrogen) atoms. The third-order valence-corrected chi connectivity index (χ3v) is 6.83. The van der Waals surface area contributed by atoms with Crippen molar-refractivity contribution in [3.05, 3.63) is 17.2 Å². The Balaban J connectivity index is 1.43. The molecule has 1 aliphatic carbocycles. The third kappa shape index (κ3) is 2.93. The second-order valence-electron chi connectivity index (χ2n) is 8.45. The molecule has 0 aromatic carbocycles. The Labute approximate surface area is 180 Å². The van der Waals surface area contributed by atoms with Crippen LogP contribution in [0.3, 0.4) is 0 Å². The minimum atomic E-state index is -2.27. The summed E-state index contributed by atoms with van der Waals surface area (Å²) in [5.74, 6) is -0.403. The summed E-state index contributed by atoms with van der Waals surface area (Å²) in [6.07, 6.45) is 2.50. The standard InChI is InChI=1S/C20H22ClF2N5O2/c21-17-15(23)16-12(8-24-17)18(28-4-5-29-14-6-13(14)28)26-19(25-16)30-10-20-2-1-3-27(20)9-11(22)7-20/h8,11,13-14H,1-7,9-10H2/t11-,13?,14?,20+/m1/s1/i10D2. The van der Waals surface area contributed by atoms with Crippen molar-refractivity contribution in [2.75, 3.05) is 37.7 Å². The molecule has 3 saturated heterocycles. The quantitative estimate of drug-likeness (QED) is 0.679. The molecule has 4 fully saturated rings. The van der Waals surface area contributed by atoms with Crippen LogP contribution in [-0.4, -0.2) is 76.5 Å². The average Bonchev–Trinajstić information content (AvgIpc) is 3.32. The number of halogens is 3. The smallest absolute Gasteiger partial charge is 0.319 e. The highest BCUT2D eigenvalue weighted by atomic mass is 35.5. The van der Waals surface area contributed by atoms with Gasteiger partial charge >= 0.3 is 6.01 Å². The number of pyridine rings is 1. The van der Waals surface area contributed by atoms with E-state index in [1.807, 2.05) is 9.80 Å². The minimum Gasteiger partial charge on any atom is -0.461 e. The average molecular weight is 440 g/mol. The molecular weight excluding hydrogens is 416 g/mol. The van der Waals surface area contributed by atoms with Crippen molar-refractivity contribution in [1.29, 1.82) is 0 Å². The maximum absolute atomic E-state index is 14.9. The van der Waals surface area contributed by atoms with E-state index in [1.165, 1.54) is 6.20 Å². The van der Waals surface area contributed by atoms with Crippen LogP contribution >= 0.6 is 11.6 Å². The van der Waals surface area contributed by atoms with Crippen molar-refractivity contribution in [2.45, 2.75) is 49.5 Å². The van der Waals surface area contributed by atoms with Crippen LogP contribution in [0, 0.1) is 5.82 Å². The van der Waals surface area contributed by atoms with Crippen LogP contribution in [0.25, 0.3) is 10.9 Å². The summed E-state index contributed by atoms with van der Waals surface area (Å²) in [5.41, 5.74) is -1.18. The van der Waals surface area contributed by atoms with Gasteiger partial charge in [0.15, 0.2) is 11.0 Å². The Morgan fingerprint density at radius 1 is 1.40 bits per heavy atom. The molecule has 160 valence electrons. The zero-order valence-corrected chi connectivity index (χ0v) is 16.9. The molecule has 0 bridgehead atoms. The highest BCUT2D eigenvalue weighted by Crippen LogP contribution is 2.42. The first kappa shape index (κ1) is 16.8. The number of morpholine rings is 1. The fraction of sp³-hybridized carbons (Fsp3) is 0.650. The van der Waals surface area contributed by atoms with E-state index in [-0.39, 0.29) is 41.8 Å². The number of nitrogens with zero attached hydrogens (tertiary/aromatic N) is 5. The topological polar surface area (TPSA) is 63.6 Å². The highest BCUT2D eigenvalue weighted by molar-refractivity contribution is 6.30. The summed E-state index contributed by atoms with van der Waals surface area (Å²) in [6, 6.07) is -0.192. The monoisotopic (exact) mass is 439 g/mol. The van der Waals surface area contributed by atoms with E-state index in [0.717, 1.165) is 12.8 Å². The maximum Gasteiger partial charge on any atom is 0.319 e. The largest absolute Gasteiger partial charge is 0.461 e. The molecule has 1 saturated carbocycles. The summed E-state index contributed by atoms with van der Waals surface area (Å²) >= 11 is 5.90. The fourth-order valence-electron chi connectivity index (χ4n) is 5.06. The molecule has 3 aliphatic heterocycles. The molecule has 4 aliphatic rings. The molecule has 5 heterocycles. The van der Waals surface area contributed by atoms with Gasteiger partial charge in [0.25, 0.3) is 0 Å². The Morgan fingerprint density at radius 3 is 3.20 bits per heavy atom. The van der Waals surface area contributed by atoms with Gasteiger partial charge in [-0.2, -0.15) is 9.97 Å². The van der Waals surface area contributed by atoms with Crippen molar-refractivity contribution < 1.29 is 21.0 Å². The van der Waals surface area contributed by atoms with Crippen molar-refractivity contribution in [3.8, 4) is 6.01 Å². The third-order valence-electron chi connectivity index (χ3n) is 6.57. The second-order valence-corrected chi connectivity index (χ2v) is 8.81. The minimum absolute atomic E-state index is 0.0394. The summed E-state index contributed by atoms with van der Waals surface area (Å²) in [7, 11) is 0. The summed E-state index contributed by atoms with van der Waals surface area (Å²) < 4.78 is 58.0. The Hall–Kier alpha value is -1.84. The van der Waals surface area contributed by atoms with Gasteiger partial charge in [-0.3, -0.25) is 4.90 Å². The normalized spacial score (nSPS) is 34.5. The number of fused-ring (bicyclic) bond motifs is 3. The van der Waals surface area contributed by atoms with Crippen molar-refractivity contribution in [3.63, 3.8) is 0 Å². The lowest BCUT2D eigenvalue weighted by Gasteiger charge is -2.31. The molecule has 0 N–H and O–H groups in total. The lowest BCUT2D eigenvalue weighted by molar-refractivity contribution is 0.102. The van der Waals surface area contributed by atoms with E-state index in [4.69, 9.17) is 23.8 Å². The van der Waals surface area contributed by atoms with E-state index in [9.17, 15) is 8.78 Å². The van der Waals surface area contributed by atoms with Gasteiger partial charge in [0.05, 0.1) is 32.4 Å². The number of aromatic nitrogens is 3. The molecule has 7 nitrogen and oxygen atoms in total.